The summed E-state index contributed by atoms with van der Waals surface area (Å²) in [6.07, 6.45) is 4.53. The zero-order valence-electron chi connectivity index (χ0n) is 12.5. The van der Waals surface area contributed by atoms with Gasteiger partial charge in [-0.25, -0.2) is 0 Å². The second kappa shape index (κ2) is 6.46. The van der Waals surface area contributed by atoms with Crippen LogP contribution in [0.1, 0.15) is 29.9 Å². The van der Waals surface area contributed by atoms with Crippen molar-refractivity contribution in [2.24, 2.45) is 7.05 Å². The molecular formula is C16H20N4OS. The number of aliphatic hydroxyl groups excluding tert-OH is 1. The van der Waals surface area contributed by atoms with Gasteiger partial charge in [0.15, 0.2) is 5.11 Å². The molecule has 22 heavy (non-hydrogen) atoms. The molecule has 0 radical (unpaired) electrons. The van der Waals surface area contributed by atoms with Crippen molar-refractivity contribution in [1.82, 2.24) is 19.8 Å². The molecule has 1 fully saturated rings. The summed E-state index contributed by atoms with van der Waals surface area (Å²) in [7, 11) is 2.04. The van der Waals surface area contributed by atoms with Gasteiger partial charge >= 0.3 is 0 Å². The molecule has 3 rings (SSSR count). The summed E-state index contributed by atoms with van der Waals surface area (Å²) in [6, 6.07) is 10.2. The molecule has 0 unspecified atom stereocenters. The van der Waals surface area contributed by atoms with Crippen LogP contribution in [0.25, 0.3) is 0 Å². The first-order valence-electron chi connectivity index (χ1n) is 7.42. The van der Waals surface area contributed by atoms with Crippen LogP contribution in [0.3, 0.4) is 0 Å². The van der Waals surface area contributed by atoms with Gasteiger partial charge in [-0.15, -0.1) is 0 Å². The van der Waals surface area contributed by atoms with Crippen LogP contribution < -0.4 is 5.32 Å². The third-order valence-corrected chi connectivity index (χ3v) is 4.39. The fraction of sp³-hybridized carbons (Fsp3) is 0.375. The molecule has 2 atom stereocenters. The third kappa shape index (κ3) is 2.71. The Morgan fingerprint density at radius 1 is 1.32 bits per heavy atom. The topological polar surface area (TPSA) is 53.3 Å². The van der Waals surface area contributed by atoms with Crippen LogP contribution in [-0.4, -0.2) is 37.8 Å². The summed E-state index contributed by atoms with van der Waals surface area (Å²) in [6.45, 7) is 0.884. The standard InChI is InChI=1S/C16H20N4OS/c1-19-9-4-7-13(19)15-14(12-6-2-3-8-17-12)18-16(22)20(15)10-5-11-21/h2-4,6-9,14-15,21H,5,10-11H2,1H3,(H,18,22)/t14-,15+/m1/s1. The van der Waals surface area contributed by atoms with Gasteiger partial charge in [0, 0.05) is 38.3 Å². The molecule has 2 aromatic rings. The minimum atomic E-state index is 0.0148. The summed E-state index contributed by atoms with van der Waals surface area (Å²) >= 11 is 5.52. The van der Waals surface area contributed by atoms with Gasteiger partial charge in [-0.2, -0.15) is 0 Å². The second-order valence-electron chi connectivity index (χ2n) is 5.44. The fourth-order valence-electron chi connectivity index (χ4n) is 2.99. The highest BCUT2D eigenvalue weighted by Crippen LogP contribution is 2.38. The van der Waals surface area contributed by atoms with Crippen molar-refractivity contribution < 1.29 is 5.11 Å². The summed E-state index contributed by atoms with van der Waals surface area (Å²) in [4.78, 5) is 6.65. The molecule has 2 aromatic heterocycles. The van der Waals surface area contributed by atoms with E-state index in [4.69, 9.17) is 17.3 Å². The molecule has 1 aliphatic heterocycles. The highest BCUT2D eigenvalue weighted by atomic mass is 32.1. The molecule has 3 heterocycles. The Morgan fingerprint density at radius 3 is 2.82 bits per heavy atom. The lowest BCUT2D eigenvalue weighted by Crippen LogP contribution is -2.31. The van der Waals surface area contributed by atoms with Gasteiger partial charge in [0.25, 0.3) is 0 Å². The number of aliphatic hydroxyl groups is 1. The molecule has 2 N–H and O–H groups in total. The Labute approximate surface area is 135 Å². The van der Waals surface area contributed by atoms with Crippen LogP contribution in [-0.2, 0) is 7.05 Å². The molecule has 6 heteroatoms. The molecule has 0 aliphatic carbocycles. The molecule has 1 saturated heterocycles. The van der Waals surface area contributed by atoms with Gasteiger partial charge in [-0.1, -0.05) is 6.07 Å². The van der Waals surface area contributed by atoms with Crippen LogP contribution in [0.2, 0.25) is 0 Å². The van der Waals surface area contributed by atoms with Gasteiger partial charge in [0.1, 0.15) is 0 Å². The van der Waals surface area contributed by atoms with E-state index in [0.29, 0.717) is 6.42 Å². The number of pyridine rings is 1. The van der Waals surface area contributed by atoms with E-state index in [0.717, 1.165) is 17.4 Å². The summed E-state index contributed by atoms with van der Waals surface area (Å²) < 4.78 is 2.11. The molecule has 0 bridgehead atoms. The zero-order chi connectivity index (χ0) is 15.5. The van der Waals surface area contributed by atoms with Crippen LogP contribution in [0.15, 0.2) is 42.7 Å². The number of nitrogens with one attached hydrogen (secondary N) is 1. The van der Waals surface area contributed by atoms with Gasteiger partial charge < -0.3 is 19.9 Å². The van der Waals surface area contributed by atoms with Crippen molar-refractivity contribution in [3.8, 4) is 0 Å². The molecule has 0 spiro atoms. The third-order valence-electron chi connectivity index (χ3n) is 4.04. The average molecular weight is 316 g/mol. The Balaban J connectivity index is 1.99. The highest BCUT2D eigenvalue weighted by molar-refractivity contribution is 7.80. The van der Waals surface area contributed by atoms with Crippen LogP contribution in [0, 0.1) is 0 Å². The lowest BCUT2D eigenvalue weighted by atomic mass is 10.0. The first-order valence-corrected chi connectivity index (χ1v) is 7.83. The number of aryl methyl sites for hydroxylation is 1. The van der Waals surface area contributed by atoms with Crippen LogP contribution in [0.4, 0.5) is 0 Å². The number of hydrogen-bond acceptors (Lipinski definition) is 3. The summed E-state index contributed by atoms with van der Waals surface area (Å²) in [5, 5.41) is 13.3. The Hall–Kier alpha value is -1.92. The normalized spacial score (nSPS) is 21.2. The SMILES string of the molecule is Cn1cccc1[C@H]1[C@@H](c2ccccn2)NC(=S)N1CCCO. The maximum Gasteiger partial charge on any atom is 0.170 e. The Morgan fingerprint density at radius 2 is 2.18 bits per heavy atom. The van der Waals surface area contributed by atoms with Crippen LogP contribution in [0.5, 0.6) is 0 Å². The molecule has 0 aromatic carbocycles. The quantitative estimate of drug-likeness (QED) is 0.824. The molecule has 0 saturated carbocycles. The van der Waals surface area contributed by atoms with E-state index in [1.54, 1.807) is 6.20 Å². The minimum absolute atomic E-state index is 0.0148. The molecule has 0 amide bonds. The predicted octanol–water partition coefficient (Wildman–Crippen LogP) is 1.77. The molecule has 5 nitrogen and oxygen atoms in total. The average Bonchev–Trinajstić information content (AvgIpc) is 3.09. The van der Waals surface area contributed by atoms with E-state index in [1.807, 2.05) is 37.5 Å². The number of rotatable bonds is 5. The fourth-order valence-corrected chi connectivity index (χ4v) is 3.32. The largest absolute Gasteiger partial charge is 0.396 e. The van der Waals surface area contributed by atoms with Gasteiger partial charge in [-0.3, -0.25) is 4.98 Å². The van der Waals surface area contributed by atoms with Crippen molar-refractivity contribution in [2.45, 2.75) is 18.5 Å². The zero-order valence-corrected chi connectivity index (χ0v) is 13.3. The van der Waals surface area contributed by atoms with Gasteiger partial charge in [0.2, 0.25) is 0 Å². The second-order valence-corrected chi connectivity index (χ2v) is 5.83. The van der Waals surface area contributed by atoms with Gasteiger partial charge in [0.05, 0.1) is 17.8 Å². The highest BCUT2D eigenvalue weighted by Gasteiger charge is 2.40. The first kappa shape index (κ1) is 15.0. The molecular weight excluding hydrogens is 296 g/mol. The van der Waals surface area contributed by atoms with E-state index in [9.17, 15) is 0 Å². The minimum Gasteiger partial charge on any atom is -0.396 e. The van der Waals surface area contributed by atoms with Crippen molar-refractivity contribution in [1.29, 1.82) is 0 Å². The monoisotopic (exact) mass is 316 g/mol. The number of aromatic nitrogens is 2. The first-order chi connectivity index (χ1) is 10.7. The van der Waals surface area contributed by atoms with E-state index < -0.39 is 0 Å². The Kier molecular flexibility index (Phi) is 4.40. The van der Waals surface area contributed by atoms with E-state index >= 15 is 0 Å². The predicted molar refractivity (Wildman–Crippen MR) is 89.3 cm³/mol. The number of hydrogen-bond donors (Lipinski definition) is 2. The molecule has 1 aliphatic rings. The lowest BCUT2D eigenvalue weighted by molar-refractivity contribution is 0.244. The van der Waals surface area contributed by atoms with Crippen molar-refractivity contribution >= 4 is 17.3 Å². The number of nitrogens with zero attached hydrogens (tertiary/aromatic N) is 3. The van der Waals surface area contributed by atoms with Gasteiger partial charge in [-0.05, 0) is 42.9 Å². The van der Waals surface area contributed by atoms with Crippen molar-refractivity contribution in [3.63, 3.8) is 0 Å². The summed E-state index contributed by atoms with van der Waals surface area (Å²) in [5.74, 6) is 0. The van der Waals surface area contributed by atoms with E-state index in [2.05, 4.69) is 25.8 Å². The molecule has 116 valence electrons. The van der Waals surface area contributed by atoms with Crippen molar-refractivity contribution in [3.05, 3.63) is 54.1 Å². The number of thiocarbonyl (C=S) groups is 1. The Bertz CT molecular complexity index is 643. The van der Waals surface area contributed by atoms with Crippen molar-refractivity contribution in [2.75, 3.05) is 13.2 Å². The lowest BCUT2D eigenvalue weighted by Gasteiger charge is -2.28. The maximum absolute atomic E-state index is 9.16. The van der Waals surface area contributed by atoms with E-state index in [1.165, 1.54) is 5.69 Å². The van der Waals surface area contributed by atoms with E-state index in [-0.39, 0.29) is 18.7 Å². The smallest absolute Gasteiger partial charge is 0.170 e. The maximum atomic E-state index is 9.16. The summed E-state index contributed by atoms with van der Waals surface area (Å²) in [5.41, 5.74) is 2.16. The van der Waals surface area contributed by atoms with Crippen LogP contribution >= 0.6 is 12.2 Å².